The second-order valence-electron chi connectivity index (χ2n) is 5.59. The lowest BCUT2D eigenvalue weighted by Gasteiger charge is -2.05. The van der Waals surface area contributed by atoms with Gasteiger partial charge >= 0.3 is 5.16 Å². The molecule has 0 aliphatic carbocycles. The Balaban J connectivity index is 2.05. The van der Waals surface area contributed by atoms with Gasteiger partial charge < -0.3 is 0 Å². The van der Waals surface area contributed by atoms with Gasteiger partial charge in [-0.1, -0.05) is 71.0 Å². The van der Waals surface area contributed by atoms with E-state index in [-0.39, 0.29) is 0 Å². The van der Waals surface area contributed by atoms with Gasteiger partial charge in [0.2, 0.25) is 0 Å². The highest BCUT2D eigenvalue weighted by molar-refractivity contribution is 7.98. The molecule has 0 saturated carbocycles. The van der Waals surface area contributed by atoms with Gasteiger partial charge in [0.05, 0.1) is 10.7 Å². The number of nitrogens with zero attached hydrogens (tertiary/aromatic N) is 3. The van der Waals surface area contributed by atoms with Gasteiger partial charge in [-0.25, -0.2) is 0 Å². The Morgan fingerprint density at radius 3 is 1.92 bits per heavy atom. The van der Waals surface area contributed by atoms with Gasteiger partial charge in [-0.3, -0.25) is 0 Å². The van der Waals surface area contributed by atoms with Gasteiger partial charge in [0, 0.05) is 0 Å². The van der Waals surface area contributed by atoms with Gasteiger partial charge in [0.15, 0.2) is 0 Å². The Labute approximate surface area is 151 Å². The third-order valence-corrected chi connectivity index (χ3v) is 4.65. The van der Waals surface area contributed by atoms with E-state index in [0.29, 0.717) is 0 Å². The number of rotatable bonds is 4. The van der Waals surface area contributed by atoms with E-state index in [2.05, 4.69) is 71.5 Å². The Bertz CT molecular complexity index is 964. The molecule has 122 valence electrons. The van der Waals surface area contributed by atoms with Crippen molar-refractivity contribution in [2.45, 2.75) is 5.16 Å². The van der Waals surface area contributed by atoms with E-state index in [4.69, 9.17) is 5.10 Å². The summed E-state index contributed by atoms with van der Waals surface area (Å²) in [6.45, 7) is 0. The smallest absolute Gasteiger partial charge is 0.184 e. The van der Waals surface area contributed by atoms with Crippen molar-refractivity contribution in [3.05, 3.63) is 91.0 Å². The summed E-state index contributed by atoms with van der Waals surface area (Å²) >= 11 is 1.65. The van der Waals surface area contributed by atoms with Crippen molar-refractivity contribution in [3.63, 3.8) is 0 Å². The second kappa shape index (κ2) is 6.95. The number of benzene rings is 3. The van der Waals surface area contributed by atoms with Crippen LogP contribution in [0.1, 0.15) is 0 Å². The lowest BCUT2D eigenvalue weighted by molar-refractivity contribution is -0.625. The molecule has 0 radical (unpaired) electrons. The van der Waals surface area contributed by atoms with Gasteiger partial charge in [-0.15, -0.1) is 0 Å². The summed E-state index contributed by atoms with van der Waals surface area (Å²) in [4.78, 5) is 0. The molecule has 4 rings (SSSR count). The van der Waals surface area contributed by atoms with Crippen molar-refractivity contribution in [2.75, 3.05) is 6.26 Å². The zero-order valence-corrected chi connectivity index (χ0v) is 14.7. The van der Waals surface area contributed by atoms with Crippen LogP contribution in [-0.4, -0.2) is 16.0 Å². The molecule has 25 heavy (non-hydrogen) atoms. The van der Waals surface area contributed by atoms with Gasteiger partial charge in [0.25, 0.3) is 5.82 Å². The standard InChI is InChI=1S/C21H18N3S/c1-25-21-22-24(19-15-9-4-10-16-19)20(17-11-5-2-6-12-17)23(21)18-13-7-3-8-14-18/h2-16H,1H3/q+1. The van der Waals surface area contributed by atoms with Crippen LogP contribution in [0.5, 0.6) is 0 Å². The largest absolute Gasteiger partial charge is 0.342 e. The normalized spacial score (nSPS) is 10.8. The molecule has 0 N–H and O–H groups in total. The molecule has 4 heteroatoms. The molecule has 0 aliphatic heterocycles. The average molecular weight is 344 g/mol. The predicted molar refractivity (Wildman–Crippen MR) is 102 cm³/mol. The maximum Gasteiger partial charge on any atom is 0.342 e. The molecule has 0 fully saturated rings. The van der Waals surface area contributed by atoms with E-state index in [1.54, 1.807) is 11.8 Å². The Morgan fingerprint density at radius 2 is 1.32 bits per heavy atom. The molecule has 1 heterocycles. The minimum atomic E-state index is 0.953. The highest BCUT2D eigenvalue weighted by Crippen LogP contribution is 2.24. The topological polar surface area (TPSA) is 21.7 Å². The molecule has 3 aromatic carbocycles. The first-order chi connectivity index (χ1) is 12.4. The molecule has 0 saturated heterocycles. The first-order valence-electron chi connectivity index (χ1n) is 8.14. The molecule has 0 spiro atoms. The van der Waals surface area contributed by atoms with Crippen molar-refractivity contribution in [2.24, 2.45) is 0 Å². The van der Waals surface area contributed by atoms with Gasteiger partial charge in [0.1, 0.15) is 11.4 Å². The van der Waals surface area contributed by atoms with E-state index in [0.717, 1.165) is 27.9 Å². The number of aromatic nitrogens is 3. The van der Waals surface area contributed by atoms with E-state index in [1.807, 2.05) is 35.0 Å². The molecular formula is C21H18N3S+. The molecule has 3 nitrogen and oxygen atoms in total. The lowest BCUT2D eigenvalue weighted by Crippen LogP contribution is -2.34. The predicted octanol–water partition coefficient (Wildman–Crippen LogP) is 4.54. The zero-order chi connectivity index (χ0) is 17.1. The van der Waals surface area contributed by atoms with Crippen LogP contribution in [0.25, 0.3) is 22.8 Å². The maximum atomic E-state index is 4.89. The minimum absolute atomic E-state index is 0.953. The average Bonchev–Trinajstić information content (AvgIpc) is 3.10. The fourth-order valence-corrected chi connectivity index (χ4v) is 3.43. The summed E-state index contributed by atoms with van der Waals surface area (Å²) in [7, 11) is 0. The van der Waals surface area contributed by atoms with E-state index in [9.17, 15) is 0 Å². The number of thioether (sulfide) groups is 1. The molecule has 0 aliphatic rings. The minimum Gasteiger partial charge on any atom is -0.184 e. The Hall–Kier alpha value is -2.85. The van der Waals surface area contributed by atoms with Crippen LogP contribution in [0.15, 0.2) is 96.2 Å². The molecule has 0 unspecified atom stereocenters. The molecule has 0 atom stereocenters. The number of para-hydroxylation sites is 2. The molecule has 4 aromatic rings. The quantitative estimate of drug-likeness (QED) is 0.400. The van der Waals surface area contributed by atoms with Crippen molar-refractivity contribution < 1.29 is 4.57 Å². The number of hydrogen-bond acceptors (Lipinski definition) is 2. The summed E-state index contributed by atoms with van der Waals surface area (Å²) in [6.07, 6.45) is 2.06. The highest BCUT2D eigenvalue weighted by atomic mass is 32.2. The SMILES string of the molecule is CSc1nn(-c2ccccc2)c(-c2ccccc2)[n+]1-c1ccccc1. The first-order valence-corrected chi connectivity index (χ1v) is 9.36. The van der Waals surface area contributed by atoms with Crippen molar-refractivity contribution in [1.82, 2.24) is 9.78 Å². The van der Waals surface area contributed by atoms with E-state index < -0.39 is 0 Å². The van der Waals surface area contributed by atoms with E-state index in [1.165, 1.54) is 0 Å². The zero-order valence-electron chi connectivity index (χ0n) is 13.9. The molecule has 1 aromatic heterocycles. The molecule has 0 bridgehead atoms. The van der Waals surface area contributed by atoms with Crippen LogP contribution in [0.3, 0.4) is 0 Å². The van der Waals surface area contributed by atoms with Crippen LogP contribution in [0.4, 0.5) is 0 Å². The summed E-state index contributed by atoms with van der Waals surface area (Å²) in [5.41, 5.74) is 3.28. The van der Waals surface area contributed by atoms with Crippen LogP contribution in [-0.2, 0) is 0 Å². The van der Waals surface area contributed by atoms with Crippen molar-refractivity contribution >= 4 is 11.8 Å². The van der Waals surface area contributed by atoms with Gasteiger partial charge in [-0.2, -0.15) is 4.57 Å². The monoisotopic (exact) mass is 344 g/mol. The number of hydrogen-bond donors (Lipinski definition) is 0. The van der Waals surface area contributed by atoms with Crippen molar-refractivity contribution in [3.8, 4) is 22.8 Å². The summed E-state index contributed by atoms with van der Waals surface area (Å²) in [5.74, 6) is 1.04. The van der Waals surface area contributed by atoms with Crippen molar-refractivity contribution in [1.29, 1.82) is 0 Å². The lowest BCUT2D eigenvalue weighted by atomic mass is 10.2. The fourth-order valence-electron chi connectivity index (χ4n) is 2.89. The van der Waals surface area contributed by atoms with Crippen LogP contribution in [0, 0.1) is 0 Å². The second-order valence-corrected chi connectivity index (χ2v) is 6.37. The maximum absolute atomic E-state index is 4.89. The summed E-state index contributed by atoms with van der Waals surface area (Å²) < 4.78 is 4.24. The Kier molecular flexibility index (Phi) is 4.36. The van der Waals surface area contributed by atoms with Crippen LogP contribution < -0.4 is 4.57 Å². The van der Waals surface area contributed by atoms with Crippen LogP contribution >= 0.6 is 11.8 Å². The molecule has 0 amide bonds. The first kappa shape index (κ1) is 15.7. The third-order valence-electron chi connectivity index (χ3n) is 4.02. The van der Waals surface area contributed by atoms with Gasteiger partial charge in [-0.05, 0) is 42.7 Å². The van der Waals surface area contributed by atoms with Crippen LogP contribution in [0.2, 0.25) is 0 Å². The van der Waals surface area contributed by atoms with E-state index >= 15 is 0 Å². The molecular weight excluding hydrogens is 326 g/mol. The third kappa shape index (κ3) is 2.96. The Morgan fingerprint density at radius 1 is 0.760 bits per heavy atom. The highest BCUT2D eigenvalue weighted by Gasteiger charge is 2.29. The summed E-state index contributed by atoms with van der Waals surface area (Å²) in [5, 5.41) is 5.85. The summed E-state index contributed by atoms with van der Waals surface area (Å²) in [6, 6.07) is 31.1. The fraction of sp³-hybridized carbons (Fsp3) is 0.0476.